The van der Waals surface area contributed by atoms with Crippen LogP contribution in [0.1, 0.15) is 11.1 Å². The molecule has 0 saturated heterocycles. The molecule has 0 aliphatic carbocycles. The van der Waals surface area contributed by atoms with Gasteiger partial charge in [0.2, 0.25) is 0 Å². The fraction of sp³-hybridized carbons (Fsp3) is 0.417. The Bertz CT molecular complexity index is 639. The molecule has 1 heterocycles. The Morgan fingerprint density at radius 3 is 2.09 bits per heavy atom. The summed E-state index contributed by atoms with van der Waals surface area (Å²) in [5, 5.41) is 7.45. The molecule has 0 spiro atoms. The zero-order valence-corrected chi connectivity index (χ0v) is 13.1. The molecular weight excluding hydrogens is 314 g/mol. The van der Waals surface area contributed by atoms with Gasteiger partial charge in [0.25, 0.3) is 0 Å². The van der Waals surface area contributed by atoms with E-state index < -0.39 is 10.4 Å². The van der Waals surface area contributed by atoms with Crippen LogP contribution in [0.3, 0.4) is 0 Å². The van der Waals surface area contributed by atoms with Crippen molar-refractivity contribution in [3.05, 3.63) is 23.3 Å². The molecular formula is C12H19N3O6S. The van der Waals surface area contributed by atoms with Crippen LogP contribution in [0.2, 0.25) is 0 Å². The van der Waals surface area contributed by atoms with E-state index in [0.29, 0.717) is 6.54 Å². The number of nitrogens with one attached hydrogen (secondary N) is 1. The van der Waals surface area contributed by atoms with Crippen LogP contribution in [0.4, 0.5) is 0 Å². The van der Waals surface area contributed by atoms with E-state index in [-0.39, 0.29) is 5.96 Å². The molecule has 0 amide bonds. The molecule has 22 heavy (non-hydrogen) atoms. The largest absolute Gasteiger partial charge is 0.493 e. The highest BCUT2D eigenvalue weighted by molar-refractivity contribution is 7.79. The number of benzene rings is 1. The van der Waals surface area contributed by atoms with Crippen LogP contribution in [0, 0.1) is 5.41 Å². The molecule has 124 valence electrons. The second kappa shape index (κ2) is 7.29. The second-order valence-corrected chi connectivity index (χ2v) is 5.38. The Hall–Kier alpha value is -2.04. The van der Waals surface area contributed by atoms with Gasteiger partial charge in [-0.15, -0.1) is 0 Å². The third-order valence-electron chi connectivity index (χ3n) is 3.06. The van der Waals surface area contributed by atoms with Gasteiger partial charge in [0.1, 0.15) is 0 Å². The molecule has 0 radical (unpaired) electrons. The van der Waals surface area contributed by atoms with Gasteiger partial charge in [-0.1, -0.05) is 0 Å². The van der Waals surface area contributed by atoms with E-state index >= 15 is 0 Å². The van der Waals surface area contributed by atoms with Crippen molar-refractivity contribution in [1.29, 1.82) is 5.41 Å². The average Bonchev–Trinajstić information content (AvgIpc) is 2.43. The first-order valence-corrected chi connectivity index (χ1v) is 7.58. The number of rotatable bonds is 2. The normalized spacial score (nSPS) is 13.5. The average molecular weight is 333 g/mol. The number of methoxy groups -OCH3 is 2. The maximum atomic E-state index is 8.74. The molecule has 9 nitrogen and oxygen atoms in total. The number of nitrogens with zero attached hydrogens (tertiary/aromatic N) is 1. The van der Waals surface area contributed by atoms with Crippen molar-refractivity contribution in [3.8, 4) is 11.5 Å². The van der Waals surface area contributed by atoms with E-state index in [9.17, 15) is 0 Å². The molecule has 0 aromatic heterocycles. The van der Waals surface area contributed by atoms with Gasteiger partial charge in [0.15, 0.2) is 17.5 Å². The van der Waals surface area contributed by atoms with Crippen LogP contribution in [-0.4, -0.2) is 49.1 Å². The highest BCUT2D eigenvalue weighted by Gasteiger charge is 2.19. The summed E-state index contributed by atoms with van der Waals surface area (Å²) in [4.78, 5) is 1.84. The van der Waals surface area contributed by atoms with E-state index in [1.165, 1.54) is 5.56 Å². The smallest absolute Gasteiger partial charge is 0.394 e. The summed E-state index contributed by atoms with van der Waals surface area (Å²) in [7, 11) is -1.41. The van der Waals surface area contributed by atoms with Crippen molar-refractivity contribution in [1.82, 2.24) is 4.90 Å². The van der Waals surface area contributed by atoms with Crippen molar-refractivity contribution < 1.29 is 27.0 Å². The highest BCUT2D eigenvalue weighted by atomic mass is 32.3. The molecule has 0 bridgehead atoms. The van der Waals surface area contributed by atoms with Gasteiger partial charge in [-0.05, 0) is 29.7 Å². The van der Waals surface area contributed by atoms with Crippen LogP contribution in [-0.2, 0) is 23.4 Å². The number of fused-ring (bicyclic) bond motifs is 1. The first-order valence-electron chi connectivity index (χ1n) is 6.18. The van der Waals surface area contributed by atoms with Crippen LogP contribution in [0.15, 0.2) is 12.1 Å². The van der Waals surface area contributed by atoms with Crippen molar-refractivity contribution in [2.75, 3.05) is 20.8 Å². The molecule has 5 N–H and O–H groups in total. The summed E-state index contributed by atoms with van der Waals surface area (Å²) in [5.41, 5.74) is 7.88. The van der Waals surface area contributed by atoms with E-state index in [4.69, 9.17) is 38.1 Å². The summed E-state index contributed by atoms with van der Waals surface area (Å²) in [6, 6.07) is 3.97. The van der Waals surface area contributed by atoms with Crippen molar-refractivity contribution in [2.45, 2.75) is 13.0 Å². The SMILES string of the molecule is COc1cc2c(cc1OC)CN(C(=N)N)CC2.O=S(=O)(O)O. The molecule has 0 fully saturated rings. The monoisotopic (exact) mass is 333 g/mol. The second-order valence-electron chi connectivity index (χ2n) is 4.48. The lowest BCUT2D eigenvalue weighted by Crippen LogP contribution is -2.40. The maximum Gasteiger partial charge on any atom is 0.394 e. The van der Waals surface area contributed by atoms with Gasteiger partial charge in [0, 0.05) is 13.1 Å². The van der Waals surface area contributed by atoms with E-state index in [2.05, 4.69) is 0 Å². The molecule has 0 saturated carbocycles. The number of hydrogen-bond acceptors (Lipinski definition) is 5. The van der Waals surface area contributed by atoms with Gasteiger partial charge in [-0.25, -0.2) is 0 Å². The Labute approximate surface area is 128 Å². The Morgan fingerprint density at radius 2 is 1.68 bits per heavy atom. The van der Waals surface area contributed by atoms with Crippen LogP contribution < -0.4 is 15.2 Å². The van der Waals surface area contributed by atoms with Gasteiger partial charge in [-0.2, -0.15) is 8.42 Å². The molecule has 0 atom stereocenters. The summed E-state index contributed by atoms with van der Waals surface area (Å²) < 4.78 is 42.1. The van der Waals surface area contributed by atoms with Gasteiger partial charge in [-0.3, -0.25) is 14.5 Å². The lowest BCUT2D eigenvalue weighted by atomic mass is 9.99. The number of ether oxygens (including phenoxy) is 2. The standard InChI is InChI=1S/C12H17N3O2.H2O4S/c1-16-10-5-8-3-4-15(12(13)14)7-9(8)6-11(10)17-2;1-5(2,3)4/h5-6H,3-4,7H2,1-2H3,(H3,13,14);(H2,1,2,3,4). The maximum absolute atomic E-state index is 8.74. The minimum atomic E-state index is -4.67. The molecule has 0 unspecified atom stereocenters. The predicted molar refractivity (Wildman–Crippen MR) is 79.8 cm³/mol. The Balaban J connectivity index is 0.000000422. The first kappa shape index (κ1) is 18.0. The summed E-state index contributed by atoms with van der Waals surface area (Å²) >= 11 is 0. The van der Waals surface area contributed by atoms with E-state index in [1.54, 1.807) is 14.2 Å². The van der Waals surface area contributed by atoms with Crippen molar-refractivity contribution >= 4 is 16.4 Å². The van der Waals surface area contributed by atoms with Gasteiger partial charge >= 0.3 is 10.4 Å². The molecule has 1 aliphatic rings. The van der Waals surface area contributed by atoms with Crippen LogP contribution >= 0.6 is 0 Å². The number of guanidine groups is 1. The Kier molecular flexibility index (Phi) is 5.97. The topological polar surface area (TPSA) is 146 Å². The third kappa shape index (κ3) is 5.39. The summed E-state index contributed by atoms with van der Waals surface area (Å²) in [6.45, 7) is 1.43. The lowest BCUT2D eigenvalue weighted by Gasteiger charge is -2.29. The molecule has 2 rings (SSSR count). The molecule has 10 heteroatoms. The van der Waals surface area contributed by atoms with Crippen molar-refractivity contribution in [2.24, 2.45) is 5.73 Å². The van der Waals surface area contributed by atoms with Gasteiger partial charge in [0.05, 0.1) is 14.2 Å². The molecule has 1 aliphatic heterocycles. The Morgan fingerprint density at radius 1 is 1.23 bits per heavy atom. The van der Waals surface area contributed by atoms with Crippen LogP contribution in [0.5, 0.6) is 11.5 Å². The van der Waals surface area contributed by atoms with E-state index in [0.717, 1.165) is 30.0 Å². The van der Waals surface area contributed by atoms with Crippen LogP contribution in [0.25, 0.3) is 0 Å². The molecule has 1 aromatic rings. The van der Waals surface area contributed by atoms with Crippen molar-refractivity contribution in [3.63, 3.8) is 0 Å². The summed E-state index contributed by atoms with van der Waals surface area (Å²) in [5.74, 6) is 1.59. The third-order valence-corrected chi connectivity index (χ3v) is 3.06. The zero-order chi connectivity index (χ0) is 16.9. The first-order chi connectivity index (χ1) is 10.2. The summed E-state index contributed by atoms with van der Waals surface area (Å²) in [6.07, 6.45) is 0.870. The highest BCUT2D eigenvalue weighted by Crippen LogP contribution is 2.33. The van der Waals surface area contributed by atoms with Gasteiger partial charge < -0.3 is 20.1 Å². The predicted octanol–water partition coefficient (Wildman–Crippen LogP) is 0.303. The van der Waals surface area contributed by atoms with E-state index in [1.807, 2.05) is 17.0 Å². The zero-order valence-electron chi connectivity index (χ0n) is 12.2. The minimum Gasteiger partial charge on any atom is -0.493 e. The number of nitrogens with two attached hydrogens (primary N) is 1. The fourth-order valence-corrected chi connectivity index (χ4v) is 2.09. The quantitative estimate of drug-likeness (QED) is 0.343. The minimum absolute atomic E-state index is 0.116. The fourth-order valence-electron chi connectivity index (χ4n) is 2.09. The molecule has 1 aromatic carbocycles. The number of hydrogen-bond donors (Lipinski definition) is 4. The lowest BCUT2D eigenvalue weighted by molar-refractivity contribution is 0.347.